The zero-order valence-electron chi connectivity index (χ0n) is 35.9. The Hall–Kier alpha value is -6.24. The lowest BCUT2D eigenvalue weighted by Gasteiger charge is -2.31. The third-order valence-electron chi connectivity index (χ3n) is 13.7. The Labute approximate surface area is 364 Å². The number of fused-ring (bicyclic) bond motifs is 10. The molecular weight excluding hydrogens is 733 g/mol. The monoisotopic (exact) mass is 788 g/mol. The van der Waals surface area contributed by atoms with E-state index in [0.29, 0.717) is 0 Å². The van der Waals surface area contributed by atoms with E-state index in [4.69, 9.17) is 0 Å². The van der Waals surface area contributed by atoms with Crippen molar-refractivity contribution >= 4 is 0 Å². The van der Waals surface area contributed by atoms with Gasteiger partial charge in [-0.15, -0.1) is 0 Å². The first-order valence-electron chi connectivity index (χ1n) is 23.0. The predicted octanol–water partition coefficient (Wildman–Crippen LogP) is 16.9. The first-order valence-corrected chi connectivity index (χ1v) is 23.0. The average Bonchev–Trinajstić information content (AvgIpc) is 3.79. The van der Waals surface area contributed by atoms with Crippen LogP contribution in [0.4, 0.5) is 0 Å². The maximum Gasteiger partial charge on any atom is 0.0725 e. The molecule has 0 aromatic heterocycles. The van der Waals surface area contributed by atoms with Crippen LogP contribution in [0.2, 0.25) is 0 Å². The van der Waals surface area contributed by atoms with Gasteiger partial charge in [-0.3, -0.25) is 0 Å². The summed E-state index contributed by atoms with van der Waals surface area (Å²) in [6, 6.07) is 69.6. The van der Waals surface area contributed by atoms with E-state index >= 15 is 0 Å². The molecule has 300 valence electrons. The lowest BCUT2D eigenvalue weighted by atomic mass is 9.70. The van der Waals surface area contributed by atoms with Gasteiger partial charge in [-0.05, 0) is 138 Å². The Balaban J connectivity index is 0.993. The van der Waals surface area contributed by atoms with E-state index < -0.39 is 5.41 Å². The molecule has 2 aliphatic rings. The zero-order valence-corrected chi connectivity index (χ0v) is 35.9. The minimum absolute atomic E-state index is 0.416. The Bertz CT molecular complexity index is 2590. The van der Waals surface area contributed by atoms with Crippen LogP contribution in [0.1, 0.15) is 98.6 Å². The van der Waals surface area contributed by atoms with Gasteiger partial charge in [0.1, 0.15) is 0 Å². The lowest BCUT2D eigenvalue weighted by molar-refractivity contribution is 0.667. The van der Waals surface area contributed by atoms with Crippen molar-refractivity contribution in [3.05, 3.63) is 215 Å². The molecule has 0 unspecified atom stereocenters. The quantitative estimate of drug-likeness (QED) is 0.0963. The summed E-state index contributed by atoms with van der Waals surface area (Å²) in [5.74, 6) is 0. The molecule has 8 aromatic rings. The van der Waals surface area contributed by atoms with E-state index in [1.54, 1.807) is 0 Å². The summed E-state index contributed by atoms with van der Waals surface area (Å²) < 4.78 is 0. The predicted molar refractivity (Wildman–Crippen MR) is 260 cm³/mol. The second kappa shape index (κ2) is 17.0. The Kier molecular flexibility index (Phi) is 10.9. The molecule has 0 amide bonds. The molecule has 0 bridgehead atoms. The van der Waals surface area contributed by atoms with Gasteiger partial charge in [0.25, 0.3) is 0 Å². The van der Waals surface area contributed by atoms with Crippen molar-refractivity contribution in [2.24, 2.45) is 0 Å². The third kappa shape index (κ3) is 7.17. The minimum atomic E-state index is -0.416. The molecule has 61 heavy (non-hydrogen) atoms. The molecule has 0 heterocycles. The molecule has 0 radical (unpaired) electrons. The van der Waals surface area contributed by atoms with Gasteiger partial charge in [-0.25, -0.2) is 0 Å². The minimum Gasteiger partial charge on any atom is -0.0654 e. The van der Waals surface area contributed by atoms with Crippen molar-refractivity contribution in [3.8, 4) is 66.8 Å². The molecule has 8 aromatic carbocycles. The van der Waals surface area contributed by atoms with Gasteiger partial charge in [0.05, 0.1) is 5.41 Å². The van der Waals surface area contributed by atoms with Gasteiger partial charge in [0.15, 0.2) is 0 Å². The van der Waals surface area contributed by atoms with Gasteiger partial charge < -0.3 is 0 Å². The van der Waals surface area contributed by atoms with Crippen molar-refractivity contribution < 1.29 is 0 Å². The largest absolute Gasteiger partial charge is 0.0725 e. The van der Waals surface area contributed by atoms with Gasteiger partial charge in [-0.1, -0.05) is 222 Å². The van der Waals surface area contributed by atoms with Crippen LogP contribution in [0.3, 0.4) is 0 Å². The van der Waals surface area contributed by atoms with Crippen molar-refractivity contribution in [2.75, 3.05) is 0 Å². The fraction of sp³-hybridized carbons (Fsp3) is 0.213. The highest BCUT2D eigenvalue weighted by atomic mass is 14.5. The summed E-state index contributed by atoms with van der Waals surface area (Å²) in [7, 11) is 0. The molecule has 0 atom stereocenters. The highest BCUT2D eigenvalue weighted by Crippen LogP contribution is 2.63. The topological polar surface area (TPSA) is 0 Å². The second-order valence-electron chi connectivity index (χ2n) is 17.5. The van der Waals surface area contributed by atoms with E-state index in [9.17, 15) is 0 Å². The van der Waals surface area contributed by atoms with Crippen LogP contribution < -0.4 is 0 Å². The molecule has 0 N–H and O–H groups in total. The fourth-order valence-electron chi connectivity index (χ4n) is 10.4. The summed E-state index contributed by atoms with van der Waals surface area (Å²) in [5.41, 5.74) is 23.3. The number of rotatable bonds is 14. The van der Waals surface area contributed by atoms with Crippen molar-refractivity contribution in [3.63, 3.8) is 0 Å². The zero-order chi connectivity index (χ0) is 41.2. The number of benzene rings is 8. The van der Waals surface area contributed by atoms with E-state index in [1.165, 1.54) is 164 Å². The SMILES string of the molecule is CCCCCCc1ccc(-c2ccc(-c3ccc4c(c3)C3(c5ccccc5-c5ccccc53)c3cc(-c5ccc(-c6ccc(CCCCCC)cc6)cc5)ccc3-4)cc2)cc1. The van der Waals surface area contributed by atoms with Crippen LogP contribution in [-0.4, -0.2) is 0 Å². The van der Waals surface area contributed by atoms with Crippen molar-refractivity contribution in [1.29, 1.82) is 0 Å². The highest BCUT2D eigenvalue weighted by molar-refractivity contribution is 5.97. The molecule has 0 saturated carbocycles. The molecular formula is C61H56. The average molecular weight is 789 g/mol. The smallest absolute Gasteiger partial charge is 0.0654 e. The van der Waals surface area contributed by atoms with Crippen LogP contribution in [0.15, 0.2) is 182 Å². The summed E-state index contributed by atoms with van der Waals surface area (Å²) in [6.45, 7) is 4.55. The molecule has 2 aliphatic carbocycles. The standard InChI is InChI=1S/C61H56/c1-3-5-7-9-15-43-21-25-45(26-22-43)47-29-33-49(34-30-47)51-37-39-55-56-40-38-52(50-35-31-48(32-36-50)46-27-23-44(24-28-46)16-10-8-6-4-2)42-60(56)61(59(55)41-51)57-19-13-11-17-53(57)54-18-12-14-20-58(54)61/h11-14,17-42H,3-10,15-16H2,1-2H3. The molecule has 0 fully saturated rings. The van der Waals surface area contributed by atoms with Gasteiger partial charge >= 0.3 is 0 Å². The number of aryl methyl sites for hydroxylation is 2. The van der Waals surface area contributed by atoms with Crippen LogP contribution in [0, 0.1) is 0 Å². The van der Waals surface area contributed by atoms with Gasteiger partial charge in [-0.2, -0.15) is 0 Å². The molecule has 0 nitrogen and oxygen atoms in total. The Morgan fingerprint density at radius 2 is 0.590 bits per heavy atom. The highest BCUT2D eigenvalue weighted by Gasteiger charge is 2.51. The van der Waals surface area contributed by atoms with Crippen molar-refractivity contribution in [1.82, 2.24) is 0 Å². The first-order chi connectivity index (χ1) is 30.1. The van der Waals surface area contributed by atoms with E-state index in [1.807, 2.05) is 0 Å². The summed E-state index contributed by atoms with van der Waals surface area (Å²) in [6.07, 6.45) is 12.7. The molecule has 1 spiro atoms. The number of unbranched alkanes of at least 4 members (excludes halogenated alkanes) is 6. The normalized spacial score (nSPS) is 12.9. The van der Waals surface area contributed by atoms with Gasteiger partial charge in [0, 0.05) is 0 Å². The molecule has 10 rings (SSSR count). The number of hydrogen-bond donors (Lipinski definition) is 0. The van der Waals surface area contributed by atoms with E-state index in [0.717, 1.165) is 0 Å². The van der Waals surface area contributed by atoms with E-state index in [2.05, 4.69) is 196 Å². The molecule has 0 saturated heterocycles. The first kappa shape index (κ1) is 38.9. The molecule has 0 heteroatoms. The number of hydrogen-bond acceptors (Lipinski definition) is 0. The van der Waals surface area contributed by atoms with Crippen LogP contribution in [0.5, 0.6) is 0 Å². The summed E-state index contributed by atoms with van der Waals surface area (Å²) >= 11 is 0. The third-order valence-corrected chi connectivity index (χ3v) is 13.7. The van der Waals surface area contributed by atoms with Crippen LogP contribution in [0.25, 0.3) is 66.8 Å². The van der Waals surface area contributed by atoms with E-state index in [-0.39, 0.29) is 0 Å². The Morgan fingerprint density at radius 3 is 0.967 bits per heavy atom. The van der Waals surface area contributed by atoms with Gasteiger partial charge in [0.2, 0.25) is 0 Å². The summed E-state index contributed by atoms with van der Waals surface area (Å²) in [5, 5.41) is 0. The maximum absolute atomic E-state index is 2.50. The lowest BCUT2D eigenvalue weighted by Crippen LogP contribution is -2.26. The Morgan fingerprint density at radius 1 is 0.279 bits per heavy atom. The van der Waals surface area contributed by atoms with Crippen LogP contribution in [-0.2, 0) is 18.3 Å². The van der Waals surface area contributed by atoms with Crippen LogP contribution >= 0.6 is 0 Å². The molecule has 0 aliphatic heterocycles. The summed E-state index contributed by atoms with van der Waals surface area (Å²) in [4.78, 5) is 0. The fourth-order valence-corrected chi connectivity index (χ4v) is 10.4. The maximum atomic E-state index is 2.50. The second-order valence-corrected chi connectivity index (χ2v) is 17.5. The van der Waals surface area contributed by atoms with Crippen molar-refractivity contribution in [2.45, 2.75) is 83.5 Å².